The lowest BCUT2D eigenvalue weighted by Crippen LogP contribution is -2.06. The van der Waals surface area contributed by atoms with Gasteiger partial charge in [0, 0.05) is 6.20 Å². The summed E-state index contributed by atoms with van der Waals surface area (Å²) in [5.74, 6) is 0.585. The number of thioether (sulfide) groups is 1. The van der Waals surface area contributed by atoms with E-state index >= 15 is 0 Å². The molecule has 0 spiro atoms. The van der Waals surface area contributed by atoms with E-state index in [2.05, 4.69) is 4.98 Å². The number of hydrogen-bond donors (Lipinski definition) is 0. The normalized spacial score (nSPS) is 12.1. The Morgan fingerprint density at radius 1 is 1.47 bits per heavy atom. The molecule has 2 aromatic rings. The van der Waals surface area contributed by atoms with Gasteiger partial charge in [-0.25, -0.2) is 4.98 Å². The van der Waals surface area contributed by atoms with Crippen LogP contribution in [-0.2, 0) is 6.18 Å². The summed E-state index contributed by atoms with van der Waals surface area (Å²) in [6.45, 7) is 1.82. The highest BCUT2D eigenvalue weighted by Crippen LogP contribution is 2.32. The summed E-state index contributed by atoms with van der Waals surface area (Å²) in [5.41, 5.74) is -0.565. The largest absolute Gasteiger partial charge is 0.417 e. The van der Waals surface area contributed by atoms with Gasteiger partial charge in [-0.1, -0.05) is 6.92 Å². The maximum Gasteiger partial charge on any atom is 0.417 e. The summed E-state index contributed by atoms with van der Waals surface area (Å²) < 4.78 is 39.2. The first-order chi connectivity index (χ1) is 8.84. The minimum Gasteiger partial charge on any atom is -0.293 e. The van der Waals surface area contributed by atoms with E-state index in [-0.39, 0.29) is 11.3 Å². The highest BCUT2D eigenvalue weighted by atomic mass is 35.5. The molecule has 2 aromatic heterocycles. The zero-order valence-corrected chi connectivity index (χ0v) is 11.2. The number of imidazole rings is 1. The van der Waals surface area contributed by atoms with Crippen LogP contribution in [0, 0.1) is 0 Å². The highest BCUT2D eigenvalue weighted by molar-refractivity contribution is 7.99. The minimum absolute atomic E-state index is 0.0205. The van der Waals surface area contributed by atoms with Gasteiger partial charge < -0.3 is 0 Å². The molecule has 0 N–H and O–H groups in total. The second kappa shape index (κ2) is 5.05. The number of aromatic nitrogens is 2. The quantitative estimate of drug-likeness (QED) is 0.638. The van der Waals surface area contributed by atoms with Crippen molar-refractivity contribution in [1.29, 1.82) is 0 Å². The molecule has 2 heterocycles. The molecule has 19 heavy (non-hydrogen) atoms. The number of nitrogens with zero attached hydrogens (tertiary/aromatic N) is 2. The van der Waals surface area contributed by atoms with Crippen LogP contribution in [0.25, 0.3) is 5.65 Å². The van der Waals surface area contributed by atoms with Crippen molar-refractivity contribution in [2.24, 2.45) is 0 Å². The fourth-order valence-electron chi connectivity index (χ4n) is 1.59. The van der Waals surface area contributed by atoms with E-state index in [0.29, 0.717) is 10.8 Å². The Morgan fingerprint density at radius 2 is 2.16 bits per heavy atom. The Bertz CT molecular complexity index is 639. The molecule has 0 radical (unpaired) electrons. The van der Waals surface area contributed by atoms with Gasteiger partial charge >= 0.3 is 6.18 Å². The molecule has 3 nitrogen and oxygen atoms in total. The molecule has 0 aliphatic heterocycles. The van der Waals surface area contributed by atoms with Gasteiger partial charge in [-0.05, 0) is 29.5 Å². The molecule has 0 aromatic carbocycles. The lowest BCUT2D eigenvalue weighted by molar-refractivity contribution is -0.137. The van der Waals surface area contributed by atoms with E-state index < -0.39 is 17.0 Å². The van der Waals surface area contributed by atoms with E-state index in [4.69, 9.17) is 11.6 Å². The van der Waals surface area contributed by atoms with Gasteiger partial charge in [-0.3, -0.25) is 9.20 Å². The van der Waals surface area contributed by atoms with Gasteiger partial charge in [-0.2, -0.15) is 13.2 Å². The summed E-state index contributed by atoms with van der Waals surface area (Å²) in [5, 5.41) is -0.461. The van der Waals surface area contributed by atoms with E-state index in [1.165, 1.54) is 22.2 Å². The first kappa shape index (κ1) is 14.2. The lowest BCUT2D eigenvalue weighted by Gasteiger charge is -2.07. The van der Waals surface area contributed by atoms with Crippen LogP contribution in [-0.4, -0.2) is 20.4 Å². The Kier molecular flexibility index (Phi) is 3.78. The van der Waals surface area contributed by atoms with Crippen LogP contribution in [0.5, 0.6) is 0 Å². The fraction of sp³-hybridized carbons (Fsp3) is 0.273. The van der Waals surface area contributed by atoms with Crippen molar-refractivity contribution in [3.05, 3.63) is 29.6 Å². The Hall–Kier alpha value is -1.21. The van der Waals surface area contributed by atoms with Gasteiger partial charge in [0.05, 0.1) is 5.56 Å². The standard InChI is InChI=1S/C11H8ClF3N2OS/c1-2-19-10-8(9(12)18)16-7-4-3-6(5-17(7)10)11(13,14)15/h3-5H,2H2,1H3. The molecule has 102 valence electrons. The van der Waals surface area contributed by atoms with Crippen LogP contribution in [0.2, 0.25) is 0 Å². The van der Waals surface area contributed by atoms with E-state index in [0.717, 1.165) is 12.3 Å². The molecule has 0 atom stereocenters. The zero-order chi connectivity index (χ0) is 14.2. The topological polar surface area (TPSA) is 34.4 Å². The number of hydrogen-bond acceptors (Lipinski definition) is 3. The molecule has 0 aliphatic carbocycles. The number of pyridine rings is 1. The molecule has 0 unspecified atom stereocenters. The number of fused-ring (bicyclic) bond motifs is 1. The molecular formula is C11H8ClF3N2OS. The van der Waals surface area contributed by atoms with E-state index in [1.807, 2.05) is 6.92 Å². The van der Waals surface area contributed by atoms with Crippen molar-refractivity contribution in [1.82, 2.24) is 9.38 Å². The van der Waals surface area contributed by atoms with Crippen molar-refractivity contribution in [3.63, 3.8) is 0 Å². The Balaban J connectivity index is 2.69. The van der Waals surface area contributed by atoms with Gasteiger partial charge in [-0.15, -0.1) is 11.8 Å². The average Bonchev–Trinajstić information content (AvgIpc) is 2.67. The van der Waals surface area contributed by atoms with Crippen molar-refractivity contribution >= 4 is 34.3 Å². The van der Waals surface area contributed by atoms with Crippen LogP contribution < -0.4 is 0 Å². The molecule has 0 saturated heterocycles. The van der Waals surface area contributed by atoms with Crippen LogP contribution in [0.4, 0.5) is 13.2 Å². The smallest absolute Gasteiger partial charge is 0.293 e. The molecule has 0 amide bonds. The minimum atomic E-state index is -4.45. The highest BCUT2D eigenvalue weighted by Gasteiger charge is 2.31. The summed E-state index contributed by atoms with van der Waals surface area (Å²) in [7, 11) is 0. The van der Waals surface area contributed by atoms with Crippen molar-refractivity contribution < 1.29 is 18.0 Å². The van der Waals surface area contributed by atoms with Gasteiger partial charge in [0.1, 0.15) is 10.7 Å². The van der Waals surface area contributed by atoms with Crippen molar-refractivity contribution in [3.8, 4) is 0 Å². The van der Waals surface area contributed by atoms with Crippen LogP contribution >= 0.6 is 23.4 Å². The number of halogens is 4. The van der Waals surface area contributed by atoms with Crippen molar-refractivity contribution in [2.75, 3.05) is 5.75 Å². The average molecular weight is 309 g/mol. The molecule has 0 saturated carbocycles. The summed E-state index contributed by atoms with van der Waals surface area (Å²) >= 11 is 6.61. The maximum atomic E-state index is 12.7. The number of carbonyl (C=O) groups excluding carboxylic acids is 1. The van der Waals surface area contributed by atoms with Crippen LogP contribution in [0.15, 0.2) is 23.4 Å². The van der Waals surface area contributed by atoms with E-state index in [1.54, 1.807) is 0 Å². The molecule has 0 bridgehead atoms. The fourth-order valence-corrected chi connectivity index (χ4v) is 2.62. The van der Waals surface area contributed by atoms with Gasteiger partial charge in [0.25, 0.3) is 5.24 Å². The zero-order valence-electron chi connectivity index (χ0n) is 9.66. The first-order valence-electron chi connectivity index (χ1n) is 5.26. The monoisotopic (exact) mass is 308 g/mol. The summed E-state index contributed by atoms with van der Waals surface area (Å²) in [6.07, 6.45) is -3.53. The van der Waals surface area contributed by atoms with Crippen LogP contribution in [0.3, 0.4) is 0 Å². The molecule has 0 aliphatic rings. The maximum absolute atomic E-state index is 12.7. The third-order valence-corrected chi connectivity index (χ3v) is 3.50. The Morgan fingerprint density at radius 3 is 2.68 bits per heavy atom. The second-order valence-electron chi connectivity index (χ2n) is 3.62. The molecular weight excluding hydrogens is 301 g/mol. The third-order valence-electron chi connectivity index (χ3n) is 2.37. The molecule has 8 heteroatoms. The summed E-state index contributed by atoms with van der Waals surface area (Å²) in [4.78, 5) is 15.2. The lowest BCUT2D eigenvalue weighted by atomic mass is 10.3. The molecule has 0 fully saturated rings. The van der Waals surface area contributed by atoms with Crippen molar-refractivity contribution in [2.45, 2.75) is 18.1 Å². The number of carbonyl (C=O) groups is 1. The van der Waals surface area contributed by atoms with Gasteiger partial charge in [0.15, 0.2) is 5.69 Å². The predicted molar refractivity (Wildman–Crippen MR) is 66.8 cm³/mol. The van der Waals surface area contributed by atoms with Crippen LogP contribution in [0.1, 0.15) is 23.0 Å². The Labute approximate surface area is 115 Å². The van der Waals surface area contributed by atoms with E-state index in [9.17, 15) is 18.0 Å². The summed E-state index contributed by atoms with van der Waals surface area (Å²) in [6, 6.07) is 2.14. The molecule has 2 rings (SSSR count). The second-order valence-corrected chi connectivity index (χ2v) is 5.21. The number of rotatable bonds is 3. The predicted octanol–water partition coefficient (Wildman–Crippen LogP) is 3.84. The third kappa shape index (κ3) is 2.71. The number of alkyl halides is 3. The van der Waals surface area contributed by atoms with Gasteiger partial charge in [0.2, 0.25) is 0 Å². The SMILES string of the molecule is CCSc1c(C(=O)Cl)nc2ccc(C(F)(F)F)cn12. The first-order valence-corrected chi connectivity index (χ1v) is 6.63.